The molecule has 1 fully saturated rings. The van der Waals surface area contributed by atoms with Crippen molar-refractivity contribution in [2.75, 3.05) is 6.54 Å². The molecule has 0 aromatic rings. The van der Waals surface area contributed by atoms with Gasteiger partial charge < -0.3 is 10.6 Å². The van der Waals surface area contributed by atoms with Gasteiger partial charge in [0.25, 0.3) is 0 Å². The summed E-state index contributed by atoms with van der Waals surface area (Å²) in [5.74, 6) is 1.63. The van der Waals surface area contributed by atoms with Crippen molar-refractivity contribution < 1.29 is 0 Å². The zero-order chi connectivity index (χ0) is 8.67. The largest absolute Gasteiger partial charge is 0.390 e. The van der Waals surface area contributed by atoms with Crippen molar-refractivity contribution in [3.8, 4) is 0 Å². The highest BCUT2D eigenvalue weighted by Crippen LogP contribution is 2.36. The lowest BCUT2D eigenvalue weighted by molar-refractivity contribution is 0.376. The van der Waals surface area contributed by atoms with Gasteiger partial charge >= 0.3 is 0 Å². The number of hydrogen-bond donors (Lipinski definition) is 2. The Labute approximate surface area is 79.1 Å². The average Bonchev–Trinajstić information content (AvgIpc) is 2.56. The maximum absolute atomic E-state index is 3.69. The maximum Gasteiger partial charge on any atom is 0.0312 e. The Morgan fingerprint density at radius 1 is 1.23 bits per heavy atom. The lowest BCUT2D eigenvalue weighted by Crippen LogP contribution is -2.40. The second kappa shape index (κ2) is 2.88. The van der Waals surface area contributed by atoms with Gasteiger partial charge in [0.1, 0.15) is 0 Å². The van der Waals surface area contributed by atoms with Crippen LogP contribution < -0.4 is 10.6 Å². The summed E-state index contributed by atoms with van der Waals surface area (Å²) in [6.07, 6.45) is 11.8. The van der Waals surface area contributed by atoms with Gasteiger partial charge in [-0.1, -0.05) is 18.2 Å². The number of hydrogen-bond acceptors (Lipinski definition) is 2. The minimum atomic E-state index is 0.647. The second-order valence-electron chi connectivity index (χ2n) is 4.31. The van der Waals surface area contributed by atoms with Crippen molar-refractivity contribution in [3.63, 3.8) is 0 Å². The van der Waals surface area contributed by atoms with Gasteiger partial charge in [0, 0.05) is 24.5 Å². The summed E-state index contributed by atoms with van der Waals surface area (Å²) < 4.78 is 0. The van der Waals surface area contributed by atoms with Gasteiger partial charge in [0.05, 0.1) is 0 Å². The predicted molar refractivity (Wildman–Crippen MR) is 53.2 cm³/mol. The van der Waals surface area contributed by atoms with E-state index in [4.69, 9.17) is 0 Å². The third-order valence-corrected chi connectivity index (χ3v) is 3.61. The van der Waals surface area contributed by atoms with E-state index in [0.717, 1.165) is 18.4 Å². The van der Waals surface area contributed by atoms with Crippen LogP contribution in [0.2, 0.25) is 0 Å². The molecule has 2 aliphatic heterocycles. The first kappa shape index (κ1) is 7.63. The van der Waals surface area contributed by atoms with E-state index in [1.807, 2.05) is 0 Å². The Morgan fingerprint density at radius 2 is 2.23 bits per heavy atom. The van der Waals surface area contributed by atoms with Gasteiger partial charge in [-0.3, -0.25) is 0 Å². The van der Waals surface area contributed by atoms with Gasteiger partial charge in [-0.15, -0.1) is 0 Å². The molecule has 2 heterocycles. The van der Waals surface area contributed by atoms with Crippen LogP contribution in [0, 0.1) is 11.8 Å². The van der Waals surface area contributed by atoms with Crippen LogP contribution in [0.3, 0.4) is 0 Å². The van der Waals surface area contributed by atoms with Crippen LogP contribution in [0.1, 0.15) is 12.8 Å². The van der Waals surface area contributed by atoms with Crippen molar-refractivity contribution in [3.05, 3.63) is 24.4 Å². The minimum Gasteiger partial charge on any atom is -0.390 e. The zero-order valence-electron chi connectivity index (χ0n) is 7.74. The average molecular weight is 176 g/mol. The van der Waals surface area contributed by atoms with Gasteiger partial charge in [-0.25, -0.2) is 0 Å². The van der Waals surface area contributed by atoms with E-state index in [-0.39, 0.29) is 0 Å². The molecule has 2 nitrogen and oxygen atoms in total. The molecule has 13 heavy (non-hydrogen) atoms. The zero-order valence-corrected chi connectivity index (χ0v) is 7.74. The Bertz CT molecular complexity index is 257. The molecule has 0 radical (unpaired) electrons. The molecule has 0 bridgehead atoms. The highest BCUT2D eigenvalue weighted by molar-refractivity contribution is 5.16. The summed E-state index contributed by atoms with van der Waals surface area (Å²) >= 11 is 0. The van der Waals surface area contributed by atoms with Gasteiger partial charge in [-0.2, -0.15) is 0 Å². The predicted octanol–water partition coefficient (Wildman–Crippen LogP) is 1.03. The van der Waals surface area contributed by atoms with Crippen molar-refractivity contribution in [1.82, 2.24) is 10.6 Å². The minimum absolute atomic E-state index is 0.647. The normalized spacial score (nSPS) is 46.8. The van der Waals surface area contributed by atoms with Crippen LogP contribution in [-0.2, 0) is 0 Å². The first-order chi connectivity index (χ1) is 6.45. The van der Waals surface area contributed by atoms with Crippen molar-refractivity contribution >= 4 is 0 Å². The fourth-order valence-electron chi connectivity index (χ4n) is 2.97. The van der Waals surface area contributed by atoms with Crippen LogP contribution in [0.25, 0.3) is 0 Å². The van der Waals surface area contributed by atoms with Crippen molar-refractivity contribution in [2.24, 2.45) is 11.8 Å². The third-order valence-electron chi connectivity index (χ3n) is 3.61. The molecule has 0 aromatic carbocycles. The molecule has 70 valence electrons. The maximum atomic E-state index is 3.69. The monoisotopic (exact) mass is 176 g/mol. The summed E-state index contributed by atoms with van der Waals surface area (Å²) in [5.41, 5.74) is 0. The lowest BCUT2D eigenvalue weighted by atomic mass is 9.80. The molecule has 0 aromatic heterocycles. The van der Waals surface area contributed by atoms with E-state index in [0.29, 0.717) is 12.1 Å². The summed E-state index contributed by atoms with van der Waals surface area (Å²) in [6.45, 7) is 1.10. The summed E-state index contributed by atoms with van der Waals surface area (Å²) in [5, 5.41) is 6.99. The first-order valence-electron chi connectivity index (χ1n) is 5.28. The number of nitrogens with one attached hydrogen (secondary N) is 2. The van der Waals surface area contributed by atoms with Gasteiger partial charge in [0.15, 0.2) is 0 Å². The fraction of sp³-hybridized carbons (Fsp3) is 0.636. The molecular formula is C11H16N2. The topological polar surface area (TPSA) is 24.1 Å². The SMILES string of the molecule is C1=CC2NC3CNC=CC3C2CC1. The van der Waals surface area contributed by atoms with E-state index >= 15 is 0 Å². The smallest absolute Gasteiger partial charge is 0.0312 e. The molecule has 4 atom stereocenters. The molecular weight excluding hydrogens is 160 g/mol. The molecule has 0 saturated carbocycles. The highest BCUT2D eigenvalue weighted by atomic mass is 15.1. The molecule has 3 rings (SSSR count). The van der Waals surface area contributed by atoms with E-state index in [2.05, 4.69) is 35.1 Å². The Kier molecular flexibility index (Phi) is 1.69. The quantitative estimate of drug-likeness (QED) is 0.539. The molecule has 1 saturated heterocycles. The van der Waals surface area contributed by atoms with E-state index in [1.165, 1.54) is 12.8 Å². The number of allylic oxidation sites excluding steroid dienone is 1. The molecule has 4 unspecified atom stereocenters. The summed E-state index contributed by atoms with van der Waals surface area (Å²) in [7, 11) is 0. The van der Waals surface area contributed by atoms with Crippen LogP contribution in [0.5, 0.6) is 0 Å². The third kappa shape index (κ3) is 1.12. The Morgan fingerprint density at radius 3 is 3.23 bits per heavy atom. The molecule has 3 aliphatic rings. The van der Waals surface area contributed by atoms with Crippen molar-refractivity contribution in [1.29, 1.82) is 0 Å². The standard InChI is InChI=1S/C11H16N2/c1-2-4-10-8(3-1)9-5-6-12-7-11(9)13-10/h2,4-6,8-13H,1,3,7H2. The number of rotatable bonds is 0. The van der Waals surface area contributed by atoms with E-state index in [9.17, 15) is 0 Å². The number of fused-ring (bicyclic) bond motifs is 3. The van der Waals surface area contributed by atoms with Crippen LogP contribution >= 0.6 is 0 Å². The van der Waals surface area contributed by atoms with Gasteiger partial charge in [-0.05, 0) is 25.0 Å². The highest BCUT2D eigenvalue weighted by Gasteiger charge is 2.41. The molecule has 1 aliphatic carbocycles. The molecule has 0 amide bonds. The van der Waals surface area contributed by atoms with Crippen LogP contribution in [0.15, 0.2) is 24.4 Å². The lowest BCUT2D eigenvalue weighted by Gasteiger charge is -2.25. The fourth-order valence-corrected chi connectivity index (χ4v) is 2.97. The Balaban J connectivity index is 1.88. The molecule has 2 heteroatoms. The Hall–Kier alpha value is -0.760. The second-order valence-corrected chi connectivity index (χ2v) is 4.31. The van der Waals surface area contributed by atoms with Crippen LogP contribution in [-0.4, -0.2) is 18.6 Å². The van der Waals surface area contributed by atoms with Gasteiger partial charge in [0.2, 0.25) is 0 Å². The molecule has 2 N–H and O–H groups in total. The van der Waals surface area contributed by atoms with Crippen LogP contribution in [0.4, 0.5) is 0 Å². The molecule has 0 spiro atoms. The summed E-state index contributed by atoms with van der Waals surface area (Å²) in [6, 6.07) is 1.32. The van der Waals surface area contributed by atoms with E-state index in [1.54, 1.807) is 0 Å². The first-order valence-corrected chi connectivity index (χ1v) is 5.28. The van der Waals surface area contributed by atoms with Crippen molar-refractivity contribution in [2.45, 2.75) is 24.9 Å². The summed E-state index contributed by atoms with van der Waals surface area (Å²) in [4.78, 5) is 0. The van der Waals surface area contributed by atoms with E-state index < -0.39 is 0 Å².